The van der Waals surface area contributed by atoms with E-state index in [0.717, 1.165) is 35.9 Å². The third kappa shape index (κ3) is 2.94. The number of likely N-dealkylation sites (N-methyl/N-ethyl adjacent to an activating group) is 1. The predicted octanol–water partition coefficient (Wildman–Crippen LogP) is 2.63. The van der Waals surface area contributed by atoms with Crippen LogP contribution < -0.4 is 5.32 Å². The molecule has 1 aliphatic carbocycles. The third-order valence-corrected chi connectivity index (χ3v) is 6.44. The highest BCUT2D eigenvalue weighted by molar-refractivity contribution is 5.99. The fourth-order valence-electron chi connectivity index (χ4n) is 5.09. The number of benzene rings is 1. The molecule has 0 radical (unpaired) electrons. The van der Waals surface area contributed by atoms with Crippen LogP contribution in [0.15, 0.2) is 18.2 Å². The second-order valence-corrected chi connectivity index (χ2v) is 7.93. The van der Waals surface area contributed by atoms with Crippen molar-refractivity contribution in [2.75, 3.05) is 26.7 Å². The molecule has 4 rings (SSSR count). The van der Waals surface area contributed by atoms with Gasteiger partial charge in [0.2, 0.25) is 0 Å². The summed E-state index contributed by atoms with van der Waals surface area (Å²) in [4.78, 5) is 31.4. The number of hydrogen-bond acceptors (Lipinski definition) is 3. The van der Waals surface area contributed by atoms with Gasteiger partial charge in [-0.25, -0.2) is 9.59 Å². The van der Waals surface area contributed by atoms with Gasteiger partial charge in [0.05, 0.1) is 0 Å². The van der Waals surface area contributed by atoms with Gasteiger partial charge in [0.1, 0.15) is 5.69 Å². The van der Waals surface area contributed by atoms with Crippen molar-refractivity contribution in [2.24, 2.45) is 0 Å². The van der Waals surface area contributed by atoms with E-state index in [9.17, 15) is 14.7 Å². The van der Waals surface area contributed by atoms with Gasteiger partial charge in [0, 0.05) is 48.5 Å². The normalized spacial score (nSPS) is 24.0. The summed E-state index contributed by atoms with van der Waals surface area (Å²) >= 11 is 0. The number of carboxylic acid groups (broad SMARTS) is 1. The maximum absolute atomic E-state index is 12.5. The van der Waals surface area contributed by atoms with E-state index in [2.05, 4.69) is 28.3 Å². The Hall–Kier alpha value is -2.54. The molecule has 2 amide bonds. The van der Waals surface area contributed by atoms with Crippen molar-refractivity contribution in [1.82, 2.24) is 20.1 Å². The fraction of sp³-hybridized carbons (Fsp3) is 0.524. The minimum Gasteiger partial charge on any atom is -0.477 e. The van der Waals surface area contributed by atoms with Gasteiger partial charge in [0.15, 0.2) is 0 Å². The topological polar surface area (TPSA) is 88.7 Å². The zero-order valence-corrected chi connectivity index (χ0v) is 16.7. The van der Waals surface area contributed by atoms with Gasteiger partial charge in [0.25, 0.3) is 0 Å². The average Bonchev–Trinajstić information content (AvgIpc) is 3.04. The van der Waals surface area contributed by atoms with Crippen molar-refractivity contribution < 1.29 is 14.7 Å². The van der Waals surface area contributed by atoms with Crippen molar-refractivity contribution in [3.8, 4) is 0 Å². The number of carbonyl (C=O) groups is 2. The summed E-state index contributed by atoms with van der Waals surface area (Å²) in [5, 5.41) is 13.9. The molecule has 150 valence electrons. The molecular formula is C21H28N4O3. The van der Waals surface area contributed by atoms with Gasteiger partial charge < -0.3 is 25.2 Å². The number of H-pyrrole nitrogens is 1. The van der Waals surface area contributed by atoms with E-state index in [1.54, 1.807) is 4.90 Å². The summed E-state index contributed by atoms with van der Waals surface area (Å²) in [6.07, 6.45) is 1.59. The molecule has 3 N–H and O–H groups in total. The van der Waals surface area contributed by atoms with E-state index in [1.165, 1.54) is 5.56 Å². The highest BCUT2D eigenvalue weighted by atomic mass is 16.4. The van der Waals surface area contributed by atoms with Crippen molar-refractivity contribution in [2.45, 2.75) is 44.7 Å². The first-order chi connectivity index (χ1) is 13.4. The number of urea groups is 1. The van der Waals surface area contributed by atoms with Crippen LogP contribution in [0.1, 0.15) is 47.8 Å². The van der Waals surface area contributed by atoms with Crippen LogP contribution in [0.4, 0.5) is 4.79 Å². The molecule has 1 aliphatic heterocycles. The van der Waals surface area contributed by atoms with Crippen LogP contribution in [0.3, 0.4) is 0 Å². The number of nitrogens with zero attached hydrogens (tertiary/aromatic N) is 2. The van der Waals surface area contributed by atoms with E-state index >= 15 is 0 Å². The van der Waals surface area contributed by atoms with E-state index in [4.69, 9.17) is 0 Å². The lowest BCUT2D eigenvalue weighted by Gasteiger charge is -2.46. The van der Waals surface area contributed by atoms with Crippen LogP contribution in [-0.4, -0.2) is 70.7 Å². The number of aromatic carboxylic acids is 1. The van der Waals surface area contributed by atoms with Crippen molar-refractivity contribution in [1.29, 1.82) is 0 Å². The molecule has 2 aliphatic rings. The predicted molar refractivity (Wildman–Crippen MR) is 108 cm³/mol. The Labute approximate surface area is 164 Å². The summed E-state index contributed by atoms with van der Waals surface area (Å²) in [6, 6.07) is 6.37. The lowest BCUT2D eigenvalue weighted by atomic mass is 9.73. The van der Waals surface area contributed by atoms with Crippen molar-refractivity contribution in [3.63, 3.8) is 0 Å². The number of carboxylic acids is 1. The van der Waals surface area contributed by atoms with E-state index in [-0.39, 0.29) is 24.0 Å². The SMILES string of the molecule is CCN(CC)C(=O)NC1C[C@@H]2c3cccc4[nH]c(C(=O)O)c(c34)C[C@H]2N(C)C1. The second kappa shape index (κ2) is 7.13. The van der Waals surface area contributed by atoms with E-state index < -0.39 is 5.97 Å². The molecule has 1 unspecified atom stereocenters. The number of amides is 2. The van der Waals surface area contributed by atoms with Gasteiger partial charge in [-0.3, -0.25) is 0 Å². The van der Waals surface area contributed by atoms with E-state index in [1.807, 2.05) is 26.0 Å². The molecule has 7 nitrogen and oxygen atoms in total. The monoisotopic (exact) mass is 384 g/mol. The third-order valence-electron chi connectivity index (χ3n) is 6.44. The number of carbonyl (C=O) groups excluding carboxylic acids is 1. The Morgan fingerprint density at radius 2 is 2.07 bits per heavy atom. The highest BCUT2D eigenvalue weighted by Gasteiger charge is 2.41. The quantitative estimate of drug-likeness (QED) is 0.756. The lowest BCUT2D eigenvalue weighted by molar-refractivity contribution is 0.0688. The minimum atomic E-state index is -0.904. The summed E-state index contributed by atoms with van der Waals surface area (Å²) in [6.45, 7) is 6.14. The lowest BCUT2D eigenvalue weighted by Crippen LogP contribution is -2.56. The number of nitrogens with one attached hydrogen (secondary N) is 2. The zero-order chi connectivity index (χ0) is 20.0. The molecule has 0 spiro atoms. The second-order valence-electron chi connectivity index (χ2n) is 7.93. The molecule has 1 saturated heterocycles. The van der Waals surface area contributed by atoms with Crippen molar-refractivity contribution in [3.05, 3.63) is 35.0 Å². The zero-order valence-electron chi connectivity index (χ0n) is 16.7. The standard InChI is InChI=1S/C21H28N4O3/c1-4-25(5-2)21(28)22-12-9-14-13-7-6-8-16-18(13)15(19(23-16)20(26)27)10-17(14)24(3)11-12/h6-8,12,14,17,23H,4-5,9-11H2,1-3H3,(H,22,28)(H,26,27)/t12?,14-,17-/m1/s1. The molecule has 1 aromatic heterocycles. The Balaban J connectivity index is 1.67. The summed E-state index contributed by atoms with van der Waals surface area (Å²) < 4.78 is 0. The van der Waals surface area contributed by atoms with Crippen LogP contribution in [0.25, 0.3) is 10.9 Å². The number of hydrogen-bond donors (Lipinski definition) is 3. The van der Waals surface area contributed by atoms with Gasteiger partial charge in [-0.15, -0.1) is 0 Å². The molecule has 1 aromatic carbocycles. The fourth-order valence-corrected chi connectivity index (χ4v) is 5.09. The number of likely N-dealkylation sites (tertiary alicyclic amines) is 1. The Morgan fingerprint density at radius 3 is 2.75 bits per heavy atom. The Morgan fingerprint density at radius 1 is 1.32 bits per heavy atom. The molecule has 3 atom stereocenters. The Bertz CT molecular complexity index is 918. The summed E-state index contributed by atoms with van der Waals surface area (Å²) in [5.74, 6) is -0.632. The first kappa shape index (κ1) is 18.8. The molecule has 2 heterocycles. The number of piperidine rings is 1. The van der Waals surface area contributed by atoms with Gasteiger partial charge >= 0.3 is 12.0 Å². The maximum Gasteiger partial charge on any atom is 0.352 e. The largest absolute Gasteiger partial charge is 0.477 e. The van der Waals surface area contributed by atoms with Gasteiger partial charge in [-0.1, -0.05) is 12.1 Å². The molecule has 28 heavy (non-hydrogen) atoms. The molecule has 0 saturated carbocycles. The van der Waals surface area contributed by atoms with Gasteiger partial charge in [-0.05, 0) is 50.9 Å². The smallest absolute Gasteiger partial charge is 0.352 e. The summed E-state index contributed by atoms with van der Waals surface area (Å²) in [7, 11) is 2.08. The molecule has 1 fully saturated rings. The number of rotatable bonds is 4. The minimum absolute atomic E-state index is 0.00800. The van der Waals surface area contributed by atoms with Crippen LogP contribution >= 0.6 is 0 Å². The van der Waals surface area contributed by atoms with Crippen LogP contribution in [0, 0.1) is 0 Å². The van der Waals surface area contributed by atoms with Crippen LogP contribution in [-0.2, 0) is 6.42 Å². The first-order valence-electron chi connectivity index (χ1n) is 10.1. The maximum atomic E-state index is 12.5. The molecule has 0 bridgehead atoms. The van der Waals surface area contributed by atoms with Crippen molar-refractivity contribution >= 4 is 22.9 Å². The number of aromatic nitrogens is 1. The highest BCUT2D eigenvalue weighted by Crippen LogP contribution is 2.44. The number of fused-ring (bicyclic) bond motifs is 2. The molecular weight excluding hydrogens is 356 g/mol. The van der Waals surface area contributed by atoms with Gasteiger partial charge in [-0.2, -0.15) is 0 Å². The van der Waals surface area contributed by atoms with Crippen LogP contribution in [0.5, 0.6) is 0 Å². The molecule has 2 aromatic rings. The van der Waals surface area contributed by atoms with E-state index in [0.29, 0.717) is 18.8 Å². The Kier molecular flexibility index (Phi) is 4.79. The summed E-state index contributed by atoms with van der Waals surface area (Å²) in [5.41, 5.74) is 3.31. The number of aromatic amines is 1. The average molecular weight is 384 g/mol. The first-order valence-corrected chi connectivity index (χ1v) is 10.1. The van der Waals surface area contributed by atoms with Crippen LogP contribution in [0.2, 0.25) is 0 Å². The molecule has 7 heteroatoms.